The molecule has 0 aromatic carbocycles. The Morgan fingerprint density at radius 2 is 1.79 bits per heavy atom. The summed E-state index contributed by atoms with van der Waals surface area (Å²) in [5.41, 5.74) is 0.0324. The van der Waals surface area contributed by atoms with E-state index in [4.69, 9.17) is 0 Å². The van der Waals surface area contributed by atoms with E-state index in [0.29, 0.717) is 11.3 Å². The number of aliphatic hydroxyl groups excluding tert-OH is 1. The van der Waals surface area contributed by atoms with E-state index in [1.807, 2.05) is 0 Å². The first kappa shape index (κ1) is 15.3. The smallest absolute Gasteiger partial charge is 0.0679 e. The molecule has 0 amide bonds. The summed E-state index contributed by atoms with van der Waals surface area (Å²) in [4.78, 5) is 0. The highest BCUT2D eigenvalue weighted by atomic mass is 16.3. The minimum absolute atomic E-state index is 0.202. The molecule has 2 aliphatic carbocycles. The summed E-state index contributed by atoms with van der Waals surface area (Å²) in [6, 6.07) is 0. The molecular formula is C17H32O2. The van der Waals surface area contributed by atoms with Crippen LogP contribution in [0.4, 0.5) is 0 Å². The Hall–Kier alpha value is -0.0800. The molecule has 4 atom stereocenters. The quantitative estimate of drug-likeness (QED) is 0.818. The lowest BCUT2D eigenvalue weighted by Gasteiger charge is -2.61. The molecule has 2 rings (SSSR count). The molecule has 0 spiro atoms. The summed E-state index contributed by atoms with van der Waals surface area (Å²) in [6.07, 6.45) is 7.43. The van der Waals surface area contributed by atoms with Gasteiger partial charge in [0.25, 0.3) is 0 Å². The first-order chi connectivity index (χ1) is 8.80. The van der Waals surface area contributed by atoms with Crippen molar-refractivity contribution in [1.29, 1.82) is 0 Å². The normalized spacial score (nSPS) is 45.8. The van der Waals surface area contributed by atoms with Gasteiger partial charge in [-0.25, -0.2) is 0 Å². The molecule has 0 aromatic rings. The van der Waals surface area contributed by atoms with Gasteiger partial charge in [0.2, 0.25) is 0 Å². The molecule has 2 nitrogen and oxygen atoms in total. The second kappa shape index (κ2) is 5.04. The first-order valence-electron chi connectivity index (χ1n) is 8.13. The van der Waals surface area contributed by atoms with Crippen LogP contribution in [0.15, 0.2) is 0 Å². The van der Waals surface area contributed by atoms with Crippen molar-refractivity contribution < 1.29 is 10.2 Å². The van der Waals surface area contributed by atoms with Crippen molar-refractivity contribution >= 4 is 0 Å². The standard InChI is InChI=1S/C17H32O2/c1-5-17(19)11-7-13-15(2,3)9-6-10-16(13,4)14(17)8-12-18/h13-14,18-19H,5-12H2,1-4H3/t13-,14-,16+,17+/m0/s1. The summed E-state index contributed by atoms with van der Waals surface area (Å²) in [7, 11) is 0. The number of rotatable bonds is 3. The van der Waals surface area contributed by atoms with Gasteiger partial charge in [-0.15, -0.1) is 0 Å². The van der Waals surface area contributed by atoms with E-state index < -0.39 is 5.60 Å². The summed E-state index contributed by atoms with van der Waals surface area (Å²) in [6.45, 7) is 9.50. The molecule has 2 aliphatic rings. The van der Waals surface area contributed by atoms with Crippen molar-refractivity contribution in [2.75, 3.05) is 6.61 Å². The third-order valence-corrected chi connectivity index (χ3v) is 6.62. The van der Waals surface area contributed by atoms with Gasteiger partial charge in [-0.1, -0.05) is 34.1 Å². The van der Waals surface area contributed by atoms with Gasteiger partial charge < -0.3 is 10.2 Å². The second-order valence-corrected chi connectivity index (χ2v) is 7.96. The van der Waals surface area contributed by atoms with Crippen LogP contribution in [0.5, 0.6) is 0 Å². The van der Waals surface area contributed by atoms with Crippen molar-refractivity contribution in [3.63, 3.8) is 0 Å². The minimum atomic E-state index is -0.554. The zero-order valence-electron chi connectivity index (χ0n) is 13.2. The molecule has 2 heteroatoms. The Kier molecular flexibility index (Phi) is 4.06. The van der Waals surface area contributed by atoms with Crippen molar-refractivity contribution in [2.45, 2.75) is 78.2 Å². The maximum Gasteiger partial charge on any atom is 0.0679 e. The Balaban J connectivity index is 2.37. The molecular weight excluding hydrogens is 236 g/mol. The van der Waals surface area contributed by atoms with Crippen LogP contribution in [0, 0.1) is 22.7 Å². The average molecular weight is 268 g/mol. The Bertz CT molecular complexity index is 325. The molecule has 19 heavy (non-hydrogen) atoms. The summed E-state index contributed by atoms with van der Waals surface area (Å²) >= 11 is 0. The Morgan fingerprint density at radius 3 is 2.37 bits per heavy atom. The largest absolute Gasteiger partial charge is 0.396 e. The van der Waals surface area contributed by atoms with E-state index in [1.165, 1.54) is 19.3 Å². The summed E-state index contributed by atoms with van der Waals surface area (Å²) < 4.78 is 0. The Labute approximate surface area is 118 Å². The van der Waals surface area contributed by atoms with Gasteiger partial charge >= 0.3 is 0 Å². The van der Waals surface area contributed by atoms with E-state index in [-0.39, 0.29) is 17.9 Å². The van der Waals surface area contributed by atoms with Gasteiger partial charge in [0, 0.05) is 6.61 Å². The van der Waals surface area contributed by atoms with Crippen molar-refractivity contribution in [1.82, 2.24) is 0 Å². The number of fused-ring (bicyclic) bond motifs is 1. The lowest BCUT2D eigenvalue weighted by molar-refractivity contribution is -0.180. The molecule has 0 aliphatic heterocycles. The summed E-state index contributed by atoms with van der Waals surface area (Å²) in [5, 5.41) is 20.5. The maximum absolute atomic E-state index is 11.0. The van der Waals surface area contributed by atoms with Crippen molar-refractivity contribution in [3.8, 4) is 0 Å². The van der Waals surface area contributed by atoms with Crippen LogP contribution in [0.1, 0.15) is 72.6 Å². The van der Waals surface area contributed by atoms with Crippen LogP contribution in [0.25, 0.3) is 0 Å². The lowest BCUT2D eigenvalue weighted by atomic mass is 9.45. The third-order valence-electron chi connectivity index (χ3n) is 6.62. The highest BCUT2D eigenvalue weighted by Crippen LogP contribution is 2.63. The van der Waals surface area contributed by atoms with Gasteiger partial charge in [-0.2, -0.15) is 0 Å². The predicted molar refractivity (Wildman–Crippen MR) is 78.9 cm³/mol. The maximum atomic E-state index is 11.0. The minimum Gasteiger partial charge on any atom is -0.396 e. The fourth-order valence-electron chi connectivity index (χ4n) is 5.64. The zero-order valence-corrected chi connectivity index (χ0v) is 13.2. The molecule has 0 radical (unpaired) electrons. The fourth-order valence-corrected chi connectivity index (χ4v) is 5.64. The molecule has 0 bridgehead atoms. The fraction of sp³-hybridized carbons (Fsp3) is 1.00. The van der Waals surface area contributed by atoms with E-state index >= 15 is 0 Å². The third kappa shape index (κ3) is 2.35. The van der Waals surface area contributed by atoms with E-state index in [1.54, 1.807) is 0 Å². The highest BCUT2D eigenvalue weighted by Gasteiger charge is 2.58. The van der Waals surface area contributed by atoms with Gasteiger partial charge in [-0.3, -0.25) is 0 Å². The van der Waals surface area contributed by atoms with Crippen LogP contribution in [-0.2, 0) is 0 Å². The van der Waals surface area contributed by atoms with Gasteiger partial charge in [0.1, 0.15) is 0 Å². The van der Waals surface area contributed by atoms with Crippen molar-refractivity contribution in [2.24, 2.45) is 22.7 Å². The topological polar surface area (TPSA) is 40.5 Å². The van der Waals surface area contributed by atoms with E-state index in [2.05, 4.69) is 27.7 Å². The van der Waals surface area contributed by atoms with Gasteiger partial charge in [-0.05, 0) is 61.2 Å². The molecule has 2 saturated carbocycles. The molecule has 2 fully saturated rings. The van der Waals surface area contributed by atoms with Crippen LogP contribution >= 0.6 is 0 Å². The number of aliphatic hydroxyl groups is 2. The second-order valence-electron chi connectivity index (χ2n) is 7.96. The van der Waals surface area contributed by atoms with Gasteiger partial charge in [0.05, 0.1) is 5.60 Å². The first-order valence-corrected chi connectivity index (χ1v) is 8.13. The Morgan fingerprint density at radius 1 is 1.11 bits per heavy atom. The molecule has 2 N–H and O–H groups in total. The van der Waals surface area contributed by atoms with Crippen LogP contribution in [0.3, 0.4) is 0 Å². The van der Waals surface area contributed by atoms with Crippen LogP contribution in [0.2, 0.25) is 0 Å². The van der Waals surface area contributed by atoms with Crippen molar-refractivity contribution in [3.05, 3.63) is 0 Å². The lowest BCUT2D eigenvalue weighted by Crippen LogP contribution is -2.58. The van der Waals surface area contributed by atoms with Gasteiger partial charge in [0.15, 0.2) is 0 Å². The number of hydrogen-bond acceptors (Lipinski definition) is 2. The van der Waals surface area contributed by atoms with Crippen LogP contribution < -0.4 is 0 Å². The average Bonchev–Trinajstić information content (AvgIpc) is 2.33. The molecule has 112 valence electrons. The molecule has 0 heterocycles. The molecule has 0 unspecified atom stereocenters. The summed E-state index contributed by atoms with van der Waals surface area (Å²) in [5.74, 6) is 0.949. The van der Waals surface area contributed by atoms with E-state index in [0.717, 1.165) is 25.7 Å². The molecule has 0 aromatic heterocycles. The molecule has 0 saturated heterocycles. The highest BCUT2D eigenvalue weighted by molar-refractivity contribution is 5.08. The van der Waals surface area contributed by atoms with E-state index in [9.17, 15) is 10.2 Å². The zero-order chi connectivity index (χ0) is 14.3. The monoisotopic (exact) mass is 268 g/mol. The SMILES string of the molecule is CC[C@@]1(O)CC[C@H]2C(C)(C)CCC[C@@]2(C)[C@@H]1CCO. The predicted octanol–water partition coefficient (Wildman–Crippen LogP) is 3.75. The number of hydrogen-bond donors (Lipinski definition) is 2. The van der Waals surface area contributed by atoms with Crippen LogP contribution in [-0.4, -0.2) is 22.4 Å².